The third-order valence-electron chi connectivity index (χ3n) is 4.91. The number of rotatable bonds is 9. The number of hydrogen-bond donors (Lipinski definition) is 1. The number of methoxy groups -OCH3 is 1. The molecule has 3 atom stereocenters. The minimum atomic E-state index is -0.445. The molecule has 0 amide bonds. The maximum atomic E-state index is 9.48. The Kier molecular flexibility index (Phi) is 6.32. The second kappa shape index (κ2) is 8.52. The van der Waals surface area contributed by atoms with Gasteiger partial charge >= 0.3 is 0 Å². The van der Waals surface area contributed by atoms with Crippen LogP contribution in [0.25, 0.3) is 6.08 Å². The molecule has 1 fully saturated rings. The number of epoxide rings is 1. The Balaban J connectivity index is 1.69. The first kappa shape index (κ1) is 20.0. The summed E-state index contributed by atoms with van der Waals surface area (Å²) in [5.41, 5.74) is 2.69. The van der Waals surface area contributed by atoms with Gasteiger partial charge in [-0.2, -0.15) is 0 Å². The van der Waals surface area contributed by atoms with Crippen molar-refractivity contribution in [3.63, 3.8) is 0 Å². The summed E-state index contributed by atoms with van der Waals surface area (Å²) in [5, 5.41) is 12.6. The first-order valence-electron chi connectivity index (χ1n) is 9.07. The van der Waals surface area contributed by atoms with Crippen molar-refractivity contribution in [2.75, 3.05) is 13.7 Å². The predicted molar refractivity (Wildman–Crippen MR) is 107 cm³/mol. The van der Waals surface area contributed by atoms with Crippen LogP contribution in [0.2, 0.25) is 0 Å². The van der Waals surface area contributed by atoms with E-state index < -0.39 is 5.60 Å². The Morgan fingerprint density at radius 3 is 2.70 bits per heavy atom. The standard InChI is InChI=1S/C21H27NO4S/c1-14(9-17-12-27-15(2)22-17)19(10-20-21(3,13-23)26-20)25-11-16-5-7-18(24-4)8-6-16/h5-9,12,19-20,23H,10-11,13H2,1-4H3/b14-9+/t19-,20+,21+/m0/s1. The summed E-state index contributed by atoms with van der Waals surface area (Å²) in [6.45, 7) is 6.52. The number of ether oxygens (including phenoxy) is 3. The Bertz CT molecular complexity index is 786. The van der Waals surface area contributed by atoms with Crippen LogP contribution in [0.1, 0.15) is 36.5 Å². The molecule has 2 heterocycles. The minimum absolute atomic E-state index is 0.00360. The first-order chi connectivity index (χ1) is 12.9. The fourth-order valence-electron chi connectivity index (χ4n) is 3.00. The van der Waals surface area contributed by atoms with Gasteiger partial charge in [0.15, 0.2) is 0 Å². The summed E-state index contributed by atoms with van der Waals surface area (Å²) in [4.78, 5) is 4.51. The zero-order valence-electron chi connectivity index (χ0n) is 16.3. The summed E-state index contributed by atoms with van der Waals surface area (Å²) in [5.74, 6) is 0.829. The predicted octanol–water partition coefficient (Wildman–Crippen LogP) is 3.99. The molecule has 1 aromatic carbocycles. The summed E-state index contributed by atoms with van der Waals surface area (Å²) in [6.07, 6.45) is 2.68. The molecule has 0 aliphatic carbocycles. The molecule has 1 aliphatic heterocycles. The van der Waals surface area contributed by atoms with E-state index in [0.717, 1.165) is 27.6 Å². The van der Waals surface area contributed by atoms with Crippen molar-refractivity contribution >= 4 is 17.4 Å². The van der Waals surface area contributed by atoms with Crippen LogP contribution in [0.15, 0.2) is 35.2 Å². The monoisotopic (exact) mass is 389 g/mol. The van der Waals surface area contributed by atoms with E-state index in [1.165, 1.54) is 0 Å². The van der Waals surface area contributed by atoms with Gasteiger partial charge in [0.05, 0.1) is 43.2 Å². The molecule has 0 radical (unpaired) electrons. The molecule has 6 heteroatoms. The van der Waals surface area contributed by atoms with Gasteiger partial charge in [0.25, 0.3) is 0 Å². The summed E-state index contributed by atoms with van der Waals surface area (Å²) >= 11 is 1.64. The van der Waals surface area contributed by atoms with Crippen LogP contribution in [-0.2, 0) is 16.1 Å². The normalized spacial score (nSPS) is 23.3. The molecule has 5 nitrogen and oxygen atoms in total. The lowest BCUT2D eigenvalue weighted by atomic mass is 9.99. The molecule has 1 N–H and O–H groups in total. The number of aromatic nitrogens is 1. The number of nitrogens with zero attached hydrogens (tertiary/aromatic N) is 1. The minimum Gasteiger partial charge on any atom is -0.497 e. The highest BCUT2D eigenvalue weighted by Crippen LogP contribution is 2.40. The van der Waals surface area contributed by atoms with Crippen molar-refractivity contribution in [3.8, 4) is 5.75 Å². The molecule has 0 spiro atoms. The molecule has 1 saturated heterocycles. The van der Waals surface area contributed by atoms with Crippen LogP contribution >= 0.6 is 11.3 Å². The van der Waals surface area contributed by atoms with Gasteiger partial charge in [-0.1, -0.05) is 12.1 Å². The lowest BCUT2D eigenvalue weighted by molar-refractivity contribution is 0.0544. The zero-order valence-corrected chi connectivity index (χ0v) is 17.1. The maximum absolute atomic E-state index is 9.48. The highest BCUT2D eigenvalue weighted by molar-refractivity contribution is 7.09. The lowest BCUT2D eigenvalue weighted by Gasteiger charge is -2.19. The Morgan fingerprint density at radius 1 is 1.41 bits per heavy atom. The second-order valence-electron chi connectivity index (χ2n) is 7.14. The quantitative estimate of drug-likeness (QED) is 0.657. The first-order valence-corrected chi connectivity index (χ1v) is 9.95. The maximum Gasteiger partial charge on any atom is 0.118 e. The molecule has 27 heavy (non-hydrogen) atoms. The van der Waals surface area contributed by atoms with E-state index in [1.54, 1.807) is 18.4 Å². The van der Waals surface area contributed by atoms with Crippen molar-refractivity contribution in [2.45, 2.75) is 51.6 Å². The third-order valence-corrected chi connectivity index (χ3v) is 5.70. The Labute approximate surface area is 164 Å². The smallest absolute Gasteiger partial charge is 0.118 e. The topological polar surface area (TPSA) is 64.1 Å². The summed E-state index contributed by atoms with van der Waals surface area (Å²) in [6, 6.07) is 7.87. The second-order valence-corrected chi connectivity index (χ2v) is 8.20. The van der Waals surface area contributed by atoms with E-state index in [0.29, 0.717) is 13.0 Å². The molecule has 0 saturated carbocycles. The number of hydrogen-bond acceptors (Lipinski definition) is 6. The highest BCUT2D eigenvalue weighted by Gasteiger charge is 2.52. The van der Waals surface area contributed by atoms with E-state index in [2.05, 4.69) is 18.0 Å². The van der Waals surface area contributed by atoms with Crippen LogP contribution in [-0.4, -0.2) is 41.6 Å². The van der Waals surface area contributed by atoms with Gasteiger partial charge in [-0.15, -0.1) is 11.3 Å². The van der Waals surface area contributed by atoms with Crippen LogP contribution in [0.4, 0.5) is 0 Å². The van der Waals surface area contributed by atoms with E-state index in [1.807, 2.05) is 43.5 Å². The summed E-state index contributed by atoms with van der Waals surface area (Å²) < 4.78 is 17.1. The molecular weight excluding hydrogens is 362 g/mol. The largest absolute Gasteiger partial charge is 0.497 e. The van der Waals surface area contributed by atoms with Crippen LogP contribution in [0.3, 0.4) is 0 Å². The molecule has 146 valence electrons. The fraction of sp³-hybridized carbons (Fsp3) is 0.476. The third kappa shape index (κ3) is 5.17. The SMILES string of the molecule is COc1ccc(CO[C@@H](C[C@H]2O[C@]2(C)CO)/C(C)=C/c2csc(C)n2)cc1. The average Bonchev–Trinajstić information content (AvgIpc) is 3.14. The number of benzene rings is 1. The van der Waals surface area contributed by atoms with Crippen molar-refractivity contribution in [1.29, 1.82) is 0 Å². The molecule has 2 aromatic rings. The van der Waals surface area contributed by atoms with Crippen molar-refractivity contribution < 1.29 is 19.3 Å². The number of aliphatic hydroxyl groups is 1. The lowest BCUT2D eigenvalue weighted by Crippen LogP contribution is -2.22. The fourth-order valence-corrected chi connectivity index (χ4v) is 3.57. The van der Waals surface area contributed by atoms with E-state index >= 15 is 0 Å². The molecule has 0 bridgehead atoms. The number of thiazole rings is 1. The Hall–Kier alpha value is -1.73. The average molecular weight is 390 g/mol. The van der Waals surface area contributed by atoms with E-state index in [4.69, 9.17) is 14.2 Å². The van der Waals surface area contributed by atoms with Gasteiger partial charge in [-0.05, 0) is 50.1 Å². The van der Waals surface area contributed by atoms with Gasteiger partial charge in [0, 0.05) is 11.8 Å². The summed E-state index contributed by atoms with van der Waals surface area (Å²) in [7, 11) is 1.66. The number of aryl methyl sites for hydroxylation is 1. The molecule has 3 rings (SSSR count). The van der Waals surface area contributed by atoms with Gasteiger partial charge in [0.2, 0.25) is 0 Å². The van der Waals surface area contributed by atoms with E-state index in [-0.39, 0.29) is 18.8 Å². The number of aliphatic hydroxyl groups excluding tert-OH is 1. The highest BCUT2D eigenvalue weighted by atomic mass is 32.1. The van der Waals surface area contributed by atoms with Gasteiger partial charge in [-0.3, -0.25) is 0 Å². The molecular formula is C21H27NO4S. The van der Waals surface area contributed by atoms with Crippen molar-refractivity contribution in [3.05, 3.63) is 51.5 Å². The molecule has 1 aromatic heterocycles. The van der Waals surface area contributed by atoms with Crippen molar-refractivity contribution in [1.82, 2.24) is 4.98 Å². The van der Waals surface area contributed by atoms with Crippen molar-refractivity contribution in [2.24, 2.45) is 0 Å². The molecule has 1 aliphatic rings. The van der Waals surface area contributed by atoms with Crippen LogP contribution in [0, 0.1) is 6.92 Å². The van der Waals surface area contributed by atoms with Gasteiger partial charge in [0.1, 0.15) is 11.4 Å². The Morgan fingerprint density at radius 2 is 2.15 bits per heavy atom. The van der Waals surface area contributed by atoms with Gasteiger partial charge in [-0.25, -0.2) is 4.98 Å². The van der Waals surface area contributed by atoms with E-state index in [9.17, 15) is 5.11 Å². The van der Waals surface area contributed by atoms with Crippen LogP contribution < -0.4 is 4.74 Å². The van der Waals surface area contributed by atoms with Gasteiger partial charge < -0.3 is 19.3 Å². The van der Waals surface area contributed by atoms with Crippen LogP contribution in [0.5, 0.6) is 5.75 Å². The molecule has 0 unspecified atom stereocenters. The zero-order chi connectivity index (χ0) is 19.4.